The van der Waals surface area contributed by atoms with E-state index in [2.05, 4.69) is 42.5 Å². The number of nitrogens with one attached hydrogen (secondary N) is 1. The van der Waals surface area contributed by atoms with E-state index in [1.807, 2.05) is 0 Å². The molecule has 0 aliphatic rings. The number of fused-ring (bicyclic) bond motifs is 1. The van der Waals surface area contributed by atoms with Gasteiger partial charge in [-0.1, -0.05) is 37.3 Å². The first-order chi connectivity index (χ1) is 7.26. The number of para-hydroxylation sites is 1. The molecule has 0 unspecified atom stereocenters. The number of nitrogens with two attached hydrogens (primary N) is 1. The van der Waals surface area contributed by atoms with Crippen LogP contribution in [0.1, 0.15) is 31.7 Å². The summed E-state index contributed by atoms with van der Waals surface area (Å²) in [4.78, 5) is 4.48. The van der Waals surface area contributed by atoms with E-state index in [1.165, 1.54) is 10.3 Å². The highest BCUT2D eigenvalue weighted by atomic mass is 32.1. The first kappa shape index (κ1) is 10.4. The molecule has 15 heavy (non-hydrogen) atoms. The number of nitrogen functional groups attached to an aromatic ring is 1. The molecule has 1 heterocycles. The Labute approximate surface area is 93.3 Å². The minimum Gasteiger partial charge on any atom is -0.300 e. The topological polar surface area (TPSA) is 50.9 Å². The van der Waals surface area contributed by atoms with Gasteiger partial charge in [-0.2, -0.15) is 0 Å². The average molecular weight is 221 g/mol. The second-order valence-electron chi connectivity index (χ2n) is 3.67. The summed E-state index contributed by atoms with van der Waals surface area (Å²) < 4.78 is 1.20. The summed E-state index contributed by atoms with van der Waals surface area (Å²) in [5.41, 5.74) is 5.01. The van der Waals surface area contributed by atoms with E-state index < -0.39 is 0 Å². The maximum absolute atomic E-state index is 5.37. The van der Waals surface area contributed by atoms with Gasteiger partial charge in [0.15, 0.2) is 5.13 Å². The molecule has 0 fully saturated rings. The maximum Gasteiger partial charge on any atom is 0.198 e. The second kappa shape index (κ2) is 4.16. The van der Waals surface area contributed by atoms with Gasteiger partial charge in [0, 0.05) is 0 Å². The zero-order valence-electron chi connectivity index (χ0n) is 8.95. The molecule has 0 saturated carbocycles. The smallest absolute Gasteiger partial charge is 0.198 e. The predicted molar refractivity (Wildman–Crippen MR) is 66.1 cm³/mol. The van der Waals surface area contributed by atoms with Crippen LogP contribution in [0.4, 0.5) is 5.13 Å². The summed E-state index contributed by atoms with van der Waals surface area (Å²) >= 11 is 1.59. The molecule has 3 N–H and O–H groups in total. The van der Waals surface area contributed by atoms with Crippen LogP contribution in [0.15, 0.2) is 18.2 Å². The summed E-state index contributed by atoms with van der Waals surface area (Å²) in [5.74, 6) is 5.91. The Bertz CT molecular complexity index is 464. The normalized spacial score (nSPS) is 13.0. The number of anilines is 1. The Morgan fingerprint density at radius 1 is 1.53 bits per heavy atom. The molecule has 0 aliphatic heterocycles. The van der Waals surface area contributed by atoms with Crippen molar-refractivity contribution in [2.24, 2.45) is 5.84 Å². The molecule has 2 aromatic rings. The van der Waals surface area contributed by atoms with Gasteiger partial charge in [0.1, 0.15) is 0 Å². The average Bonchev–Trinajstić information content (AvgIpc) is 2.70. The van der Waals surface area contributed by atoms with E-state index in [-0.39, 0.29) is 0 Å². The van der Waals surface area contributed by atoms with Gasteiger partial charge in [-0.3, -0.25) is 5.43 Å². The van der Waals surface area contributed by atoms with Crippen LogP contribution in [-0.2, 0) is 0 Å². The second-order valence-corrected chi connectivity index (χ2v) is 4.70. The van der Waals surface area contributed by atoms with Gasteiger partial charge in [-0.15, -0.1) is 0 Å². The Morgan fingerprint density at radius 3 is 3.00 bits per heavy atom. The van der Waals surface area contributed by atoms with Crippen molar-refractivity contribution < 1.29 is 0 Å². The molecule has 1 aromatic heterocycles. The molecule has 80 valence electrons. The first-order valence-electron chi connectivity index (χ1n) is 5.12. The van der Waals surface area contributed by atoms with Crippen LogP contribution in [0, 0.1) is 0 Å². The van der Waals surface area contributed by atoms with E-state index >= 15 is 0 Å². The quantitative estimate of drug-likeness (QED) is 0.618. The molecule has 0 radical (unpaired) electrons. The molecule has 1 atom stereocenters. The van der Waals surface area contributed by atoms with Crippen LogP contribution in [0.3, 0.4) is 0 Å². The molecular formula is C11H15N3S. The molecule has 0 amide bonds. The van der Waals surface area contributed by atoms with Crippen molar-refractivity contribution in [3.63, 3.8) is 0 Å². The first-order valence-corrected chi connectivity index (χ1v) is 5.94. The molecule has 0 saturated heterocycles. The zero-order chi connectivity index (χ0) is 10.8. The van der Waals surface area contributed by atoms with Crippen molar-refractivity contribution in [2.75, 3.05) is 5.43 Å². The van der Waals surface area contributed by atoms with Crippen molar-refractivity contribution in [1.82, 2.24) is 4.98 Å². The number of rotatable bonds is 3. The standard InChI is InChI=1S/C11H15N3S/c1-3-7(2)8-5-4-6-9-10(8)13-11(14-12)15-9/h4-7H,3,12H2,1-2H3,(H,13,14)/t7-/m1/s1. The number of hydrogen-bond donors (Lipinski definition) is 2. The molecule has 2 rings (SSSR count). The fourth-order valence-corrected chi connectivity index (χ4v) is 2.46. The van der Waals surface area contributed by atoms with E-state index in [0.717, 1.165) is 17.1 Å². The highest BCUT2D eigenvalue weighted by Crippen LogP contribution is 2.32. The Morgan fingerprint density at radius 2 is 2.33 bits per heavy atom. The molecule has 0 bridgehead atoms. The third-order valence-corrected chi connectivity index (χ3v) is 3.67. The van der Waals surface area contributed by atoms with Gasteiger partial charge in [0.25, 0.3) is 0 Å². The van der Waals surface area contributed by atoms with E-state index in [4.69, 9.17) is 5.84 Å². The van der Waals surface area contributed by atoms with Crippen molar-refractivity contribution in [3.05, 3.63) is 23.8 Å². The summed E-state index contributed by atoms with van der Waals surface area (Å²) in [6, 6.07) is 6.32. The SMILES string of the molecule is CC[C@@H](C)c1cccc2sc(NN)nc12. The van der Waals surface area contributed by atoms with Crippen LogP contribution in [0.25, 0.3) is 10.2 Å². The lowest BCUT2D eigenvalue weighted by Crippen LogP contribution is -2.05. The largest absolute Gasteiger partial charge is 0.300 e. The lowest BCUT2D eigenvalue weighted by atomic mass is 9.98. The lowest BCUT2D eigenvalue weighted by molar-refractivity contribution is 0.738. The third-order valence-electron chi connectivity index (χ3n) is 2.72. The van der Waals surface area contributed by atoms with Gasteiger partial charge < -0.3 is 0 Å². The number of hydrazine groups is 1. The van der Waals surface area contributed by atoms with Gasteiger partial charge in [0.05, 0.1) is 10.2 Å². The van der Waals surface area contributed by atoms with Crippen molar-refractivity contribution in [2.45, 2.75) is 26.2 Å². The van der Waals surface area contributed by atoms with Gasteiger partial charge in [-0.25, -0.2) is 10.8 Å². The number of thiazole rings is 1. The van der Waals surface area contributed by atoms with E-state index in [9.17, 15) is 0 Å². The van der Waals surface area contributed by atoms with E-state index in [1.54, 1.807) is 11.3 Å². The highest BCUT2D eigenvalue weighted by Gasteiger charge is 2.11. The summed E-state index contributed by atoms with van der Waals surface area (Å²) in [6.45, 7) is 4.42. The Kier molecular flexibility index (Phi) is 2.88. The van der Waals surface area contributed by atoms with Gasteiger partial charge in [-0.05, 0) is 24.0 Å². The van der Waals surface area contributed by atoms with Crippen molar-refractivity contribution >= 4 is 26.7 Å². The highest BCUT2D eigenvalue weighted by molar-refractivity contribution is 7.22. The fraction of sp³-hybridized carbons (Fsp3) is 0.364. The molecular weight excluding hydrogens is 206 g/mol. The third kappa shape index (κ3) is 1.82. The molecule has 3 nitrogen and oxygen atoms in total. The number of hydrogen-bond acceptors (Lipinski definition) is 4. The molecule has 1 aromatic carbocycles. The zero-order valence-corrected chi connectivity index (χ0v) is 9.77. The number of aromatic nitrogens is 1. The minimum absolute atomic E-state index is 0.543. The van der Waals surface area contributed by atoms with Crippen molar-refractivity contribution in [1.29, 1.82) is 0 Å². The minimum atomic E-state index is 0.543. The van der Waals surface area contributed by atoms with Gasteiger partial charge >= 0.3 is 0 Å². The van der Waals surface area contributed by atoms with Crippen LogP contribution in [0.2, 0.25) is 0 Å². The Balaban J connectivity index is 2.59. The van der Waals surface area contributed by atoms with Crippen LogP contribution in [-0.4, -0.2) is 4.98 Å². The summed E-state index contributed by atoms with van der Waals surface area (Å²) in [7, 11) is 0. The fourth-order valence-electron chi connectivity index (χ4n) is 1.65. The van der Waals surface area contributed by atoms with Crippen LogP contribution >= 0.6 is 11.3 Å². The monoisotopic (exact) mass is 221 g/mol. The van der Waals surface area contributed by atoms with Crippen molar-refractivity contribution in [3.8, 4) is 0 Å². The molecule has 0 aliphatic carbocycles. The molecule has 0 spiro atoms. The van der Waals surface area contributed by atoms with Gasteiger partial charge in [0.2, 0.25) is 0 Å². The Hall–Kier alpha value is -1.13. The summed E-state index contributed by atoms with van der Waals surface area (Å²) in [5, 5.41) is 0.778. The van der Waals surface area contributed by atoms with E-state index in [0.29, 0.717) is 5.92 Å². The molecule has 4 heteroatoms. The number of benzene rings is 1. The van der Waals surface area contributed by atoms with Crippen LogP contribution < -0.4 is 11.3 Å². The predicted octanol–water partition coefficient (Wildman–Crippen LogP) is 3.10. The number of nitrogens with zero attached hydrogens (tertiary/aromatic N) is 1. The van der Waals surface area contributed by atoms with Crippen LogP contribution in [0.5, 0.6) is 0 Å². The summed E-state index contributed by atoms with van der Waals surface area (Å²) in [6.07, 6.45) is 1.13. The lowest BCUT2D eigenvalue weighted by Gasteiger charge is -2.08. The maximum atomic E-state index is 5.37.